The van der Waals surface area contributed by atoms with E-state index < -0.39 is 5.41 Å². The molecule has 4 nitrogen and oxygen atoms in total. The molecule has 0 atom stereocenters. The van der Waals surface area contributed by atoms with Gasteiger partial charge in [0.1, 0.15) is 5.75 Å². The van der Waals surface area contributed by atoms with Crippen molar-refractivity contribution < 1.29 is 9.53 Å². The Balaban J connectivity index is 2.20. The standard InChI is InChI=1S/C18H20N2O2/c1-4-22-15-10-9-12-7-5-6-8-13(12)14(15)11-16-18(2,3)17(21)20-19-16/h5-11,19H,4H2,1-3H3,(H,20,21)/b16-11-. The second kappa shape index (κ2) is 5.37. The third-order valence-corrected chi connectivity index (χ3v) is 4.07. The van der Waals surface area contributed by atoms with E-state index >= 15 is 0 Å². The molecule has 1 aliphatic rings. The molecule has 0 unspecified atom stereocenters. The van der Waals surface area contributed by atoms with Crippen molar-refractivity contribution in [2.45, 2.75) is 20.8 Å². The first-order chi connectivity index (χ1) is 10.5. The highest BCUT2D eigenvalue weighted by Gasteiger charge is 2.38. The number of hydrazine groups is 1. The molecule has 0 spiro atoms. The van der Waals surface area contributed by atoms with Crippen molar-refractivity contribution in [3.05, 3.63) is 47.7 Å². The number of carbonyl (C=O) groups excluding carboxylic acids is 1. The first-order valence-electron chi connectivity index (χ1n) is 7.47. The van der Waals surface area contributed by atoms with Crippen LogP contribution in [0.3, 0.4) is 0 Å². The minimum Gasteiger partial charge on any atom is -0.493 e. The third kappa shape index (κ3) is 2.30. The second-order valence-electron chi connectivity index (χ2n) is 5.89. The monoisotopic (exact) mass is 296 g/mol. The lowest BCUT2D eigenvalue weighted by molar-refractivity contribution is -0.125. The molecule has 2 aromatic carbocycles. The summed E-state index contributed by atoms with van der Waals surface area (Å²) in [5, 5.41) is 2.26. The maximum absolute atomic E-state index is 11.9. The van der Waals surface area contributed by atoms with Crippen LogP contribution in [0.15, 0.2) is 42.1 Å². The maximum Gasteiger partial charge on any atom is 0.249 e. The lowest BCUT2D eigenvalue weighted by Crippen LogP contribution is -2.28. The average Bonchev–Trinajstić information content (AvgIpc) is 2.76. The molecule has 0 saturated carbocycles. The van der Waals surface area contributed by atoms with Gasteiger partial charge in [0, 0.05) is 11.3 Å². The Kier molecular flexibility index (Phi) is 3.53. The van der Waals surface area contributed by atoms with Gasteiger partial charge in [0.2, 0.25) is 5.91 Å². The molecule has 0 aromatic heterocycles. The van der Waals surface area contributed by atoms with E-state index in [0.29, 0.717) is 6.61 Å². The molecule has 0 bridgehead atoms. The van der Waals surface area contributed by atoms with Crippen molar-refractivity contribution in [1.29, 1.82) is 0 Å². The van der Waals surface area contributed by atoms with E-state index in [-0.39, 0.29) is 5.91 Å². The molecule has 1 heterocycles. The highest BCUT2D eigenvalue weighted by atomic mass is 16.5. The van der Waals surface area contributed by atoms with Gasteiger partial charge in [0.15, 0.2) is 0 Å². The van der Waals surface area contributed by atoms with Gasteiger partial charge in [-0.3, -0.25) is 10.2 Å². The number of amides is 1. The van der Waals surface area contributed by atoms with Crippen molar-refractivity contribution >= 4 is 22.8 Å². The van der Waals surface area contributed by atoms with E-state index in [1.54, 1.807) is 0 Å². The highest BCUT2D eigenvalue weighted by molar-refractivity contribution is 5.95. The van der Waals surface area contributed by atoms with Crippen molar-refractivity contribution in [2.75, 3.05) is 6.61 Å². The SMILES string of the molecule is CCOc1ccc2ccccc2c1/C=C1\NNC(=O)C1(C)C. The predicted molar refractivity (Wildman–Crippen MR) is 88.2 cm³/mol. The molecule has 2 N–H and O–H groups in total. The van der Waals surface area contributed by atoms with Gasteiger partial charge in [-0.2, -0.15) is 0 Å². The second-order valence-corrected chi connectivity index (χ2v) is 5.89. The van der Waals surface area contributed by atoms with E-state index in [0.717, 1.165) is 27.8 Å². The number of nitrogens with one attached hydrogen (secondary N) is 2. The Bertz CT molecular complexity index is 763. The van der Waals surface area contributed by atoms with Crippen LogP contribution in [0, 0.1) is 5.41 Å². The molecule has 22 heavy (non-hydrogen) atoms. The molecule has 1 fully saturated rings. The molecular weight excluding hydrogens is 276 g/mol. The average molecular weight is 296 g/mol. The van der Waals surface area contributed by atoms with Gasteiger partial charge in [-0.1, -0.05) is 30.3 Å². The summed E-state index contributed by atoms with van der Waals surface area (Å²) in [5.41, 5.74) is 6.92. The number of fused-ring (bicyclic) bond motifs is 1. The van der Waals surface area contributed by atoms with Crippen molar-refractivity contribution in [3.63, 3.8) is 0 Å². The summed E-state index contributed by atoms with van der Waals surface area (Å²) >= 11 is 0. The van der Waals surface area contributed by atoms with E-state index in [4.69, 9.17) is 4.74 Å². The summed E-state index contributed by atoms with van der Waals surface area (Å²) in [6.45, 7) is 6.37. The fourth-order valence-electron chi connectivity index (χ4n) is 2.63. The zero-order valence-corrected chi connectivity index (χ0v) is 13.1. The lowest BCUT2D eigenvalue weighted by atomic mass is 9.88. The molecule has 0 radical (unpaired) electrons. The molecule has 114 valence electrons. The number of hydrogen-bond acceptors (Lipinski definition) is 3. The summed E-state index contributed by atoms with van der Waals surface area (Å²) in [6, 6.07) is 12.2. The van der Waals surface area contributed by atoms with Crippen molar-refractivity contribution in [1.82, 2.24) is 10.9 Å². The van der Waals surface area contributed by atoms with Gasteiger partial charge in [-0.15, -0.1) is 0 Å². The van der Waals surface area contributed by atoms with Crippen LogP contribution >= 0.6 is 0 Å². The zero-order valence-electron chi connectivity index (χ0n) is 13.1. The summed E-state index contributed by atoms with van der Waals surface area (Å²) in [4.78, 5) is 11.9. The van der Waals surface area contributed by atoms with Gasteiger partial charge in [0.05, 0.1) is 12.0 Å². The largest absolute Gasteiger partial charge is 0.493 e. The molecule has 1 aliphatic heterocycles. The van der Waals surface area contributed by atoms with E-state index in [9.17, 15) is 4.79 Å². The highest BCUT2D eigenvalue weighted by Crippen LogP contribution is 2.35. The minimum atomic E-state index is -0.583. The Hall–Kier alpha value is -2.49. The van der Waals surface area contributed by atoms with Crippen molar-refractivity contribution in [3.8, 4) is 5.75 Å². The number of hydrogen-bond donors (Lipinski definition) is 2. The molecule has 2 aromatic rings. The molecule has 1 amide bonds. The Labute approximate surface area is 130 Å². The number of carbonyl (C=O) groups is 1. The van der Waals surface area contributed by atoms with Crippen LogP contribution < -0.4 is 15.6 Å². The van der Waals surface area contributed by atoms with Gasteiger partial charge in [-0.05, 0) is 43.7 Å². The van der Waals surface area contributed by atoms with Crippen LogP contribution in [0.1, 0.15) is 26.3 Å². The molecule has 3 rings (SSSR count). The van der Waals surface area contributed by atoms with E-state index in [1.165, 1.54) is 0 Å². The Morgan fingerprint density at radius 2 is 1.91 bits per heavy atom. The van der Waals surface area contributed by atoms with Gasteiger partial charge in [0.25, 0.3) is 0 Å². The third-order valence-electron chi connectivity index (χ3n) is 4.07. The van der Waals surface area contributed by atoms with Gasteiger partial charge in [-0.25, -0.2) is 0 Å². The van der Waals surface area contributed by atoms with Gasteiger partial charge < -0.3 is 10.2 Å². The Morgan fingerprint density at radius 1 is 1.14 bits per heavy atom. The normalized spacial score (nSPS) is 18.3. The van der Waals surface area contributed by atoms with E-state index in [1.807, 2.05) is 45.0 Å². The number of rotatable bonds is 3. The molecule has 1 saturated heterocycles. The number of ether oxygens (including phenoxy) is 1. The predicted octanol–water partition coefficient (Wildman–Crippen LogP) is 3.24. The Morgan fingerprint density at radius 3 is 2.59 bits per heavy atom. The van der Waals surface area contributed by atoms with Crippen LogP contribution in [0.4, 0.5) is 0 Å². The molecule has 0 aliphatic carbocycles. The van der Waals surface area contributed by atoms with Crippen LogP contribution in [-0.4, -0.2) is 12.5 Å². The number of benzene rings is 2. The smallest absolute Gasteiger partial charge is 0.249 e. The summed E-state index contributed by atoms with van der Waals surface area (Å²) in [5.74, 6) is 0.794. The quantitative estimate of drug-likeness (QED) is 0.914. The van der Waals surface area contributed by atoms with Crippen LogP contribution in [0.25, 0.3) is 16.8 Å². The van der Waals surface area contributed by atoms with E-state index in [2.05, 4.69) is 29.1 Å². The fourth-order valence-corrected chi connectivity index (χ4v) is 2.63. The van der Waals surface area contributed by atoms with Crippen LogP contribution in [0.5, 0.6) is 5.75 Å². The maximum atomic E-state index is 11.9. The first kappa shape index (κ1) is 14.4. The topological polar surface area (TPSA) is 50.4 Å². The first-order valence-corrected chi connectivity index (χ1v) is 7.47. The minimum absolute atomic E-state index is 0.0306. The lowest BCUT2D eigenvalue weighted by Gasteiger charge is -2.16. The zero-order chi connectivity index (χ0) is 15.7. The molecule has 4 heteroatoms. The summed E-state index contributed by atoms with van der Waals surface area (Å²) < 4.78 is 5.77. The van der Waals surface area contributed by atoms with Gasteiger partial charge >= 0.3 is 0 Å². The molecular formula is C18H20N2O2. The van der Waals surface area contributed by atoms with Crippen LogP contribution in [-0.2, 0) is 4.79 Å². The summed E-state index contributed by atoms with van der Waals surface area (Å²) in [7, 11) is 0. The fraction of sp³-hybridized carbons (Fsp3) is 0.278. The summed E-state index contributed by atoms with van der Waals surface area (Å²) in [6.07, 6.45) is 2.01. The van der Waals surface area contributed by atoms with Crippen LogP contribution in [0.2, 0.25) is 0 Å². The van der Waals surface area contributed by atoms with Crippen molar-refractivity contribution in [2.24, 2.45) is 5.41 Å².